The van der Waals surface area contributed by atoms with Crippen LogP contribution in [0.1, 0.15) is 29.0 Å². The number of benzene rings is 1. The second kappa shape index (κ2) is 5.60. The molecule has 106 valence electrons. The molecule has 2 rings (SSSR count). The number of carboxylic acids is 1. The van der Waals surface area contributed by atoms with Gasteiger partial charge in [0, 0.05) is 0 Å². The monoisotopic (exact) mass is 380 g/mol. The topological polar surface area (TPSA) is 55.1 Å². The Morgan fingerprint density at radius 2 is 1.85 bits per heavy atom. The van der Waals surface area contributed by atoms with Crippen LogP contribution in [-0.4, -0.2) is 39.0 Å². The molecule has 1 unspecified atom stereocenters. The minimum absolute atomic E-state index is 0.0344. The van der Waals surface area contributed by atoms with E-state index in [0.717, 1.165) is 5.56 Å². The van der Waals surface area contributed by atoms with Gasteiger partial charge in [-0.3, -0.25) is 0 Å². The summed E-state index contributed by atoms with van der Waals surface area (Å²) in [4.78, 5) is 22.2. The fraction of sp³-hybridized carbons (Fsp3) is 0.333. The Hall–Kier alpha value is -1.30. The summed E-state index contributed by atoms with van der Waals surface area (Å²) in [6, 6.07) is 8.56. The van der Waals surface area contributed by atoms with Crippen LogP contribution in [0.3, 0.4) is 0 Å². The second-order valence-corrected chi connectivity index (χ2v) is 20.5. The van der Waals surface area contributed by atoms with Crippen molar-refractivity contribution >= 4 is 27.9 Å². The van der Waals surface area contributed by atoms with E-state index in [2.05, 4.69) is 44.1 Å². The summed E-state index contributed by atoms with van der Waals surface area (Å²) in [6.45, 7) is 1.99. The molecule has 1 aromatic carbocycles. The SMILES string of the molecule is CC(c1cc[c]([Sn]([CH3])([CH3])[CH3])cc1)n1cncc1C(=O)O. The molecular weight excluding hydrogens is 359 g/mol. The molecule has 0 amide bonds. The Labute approximate surface area is 123 Å². The first-order valence-corrected chi connectivity index (χ1v) is 16.6. The van der Waals surface area contributed by atoms with Crippen molar-refractivity contribution in [3.8, 4) is 0 Å². The normalized spacial score (nSPS) is 13.2. The summed E-state index contributed by atoms with van der Waals surface area (Å²) in [5, 5.41) is 9.15. The molecule has 0 fully saturated rings. The summed E-state index contributed by atoms with van der Waals surface area (Å²) < 4.78 is 3.16. The van der Waals surface area contributed by atoms with Crippen LogP contribution in [0, 0.1) is 0 Å². The van der Waals surface area contributed by atoms with E-state index in [1.165, 1.54) is 9.78 Å². The number of rotatable bonds is 4. The van der Waals surface area contributed by atoms with Crippen LogP contribution in [-0.2, 0) is 0 Å². The van der Waals surface area contributed by atoms with Crippen molar-refractivity contribution in [2.75, 3.05) is 0 Å². The van der Waals surface area contributed by atoms with E-state index in [4.69, 9.17) is 5.11 Å². The number of hydrogen-bond donors (Lipinski definition) is 1. The molecule has 20 heavy (non-hydrogen) atoms. The van der Waals surface area contributed by atoms with Crippen molar-refractivity contribution in [1.82, 2.24) is 9.55 Å². The Bertz CT molecular complexity index is 612. The molecule has 0 saturated carbocycles. The second-order valence-electron chi connectivity index (χ2n) is 6.04. The van der Waals surface area contributed by atoms with Gasteiger partial charge in [0.05, 0.1) is 0 Å². The van der Waals surface area contributed by atoms with Crippen molar-refractivity contribution in [2.24, 2.45) is 0 Å². The zero-order chi connectivity index (χ0) is 14.9. The minimum atomic E-state index is -2.02. The first-order valence-electron chi connectivity index (χ1n) is 6.66. The standard InChI is InChI=1S/C12H11N2O2.3CH3.Sn/c1-9(10-5-3-2-4-6-10)14-8-13-7-11(14)12(15)16;;;;/h3-9H,1H3,(H,15,16);3*1H3;. The first kappa shape index (κ1) is 15.1. The van der Waals surface area contributed by atoms with Crippen molar-refractivity contribution in [3.63, 3.8) is 0 Å². The van der Waals surface area contributed by atoms with Crippen LogP contribution < -0.4 is 3.58 Å². The van der Waals surface area contributed by atoms with Gasteiger partial charge in [-0.05, 0) is 0 Å². The van der Waals surface area contributed by atoms with Gasteiger partial charge in [-0.15, -0.1) is 0 Å². The number of carbonyl (C=O) groups is 1. The van der Waals surface area contributed by atoms with Crippen LogP contribution in [0.5, 0.6) is 0 Å². The Morgan fingerprint density at radius 1 is 1.25 bits per heavy atom. The first-order chi connectivity index (χ1) is 9.30. The molecule has 0 aliphatic rings. The molecular formula is C15H20N2O2Sn. The van der Waals surface area contributed by atoms with Crippen LogP contribution >= 0.6 is 0 Å². The van der Waals surface area contributed by atoms with Gasteiger partial charge in [0.15, 0.2) is 0 Å². The third-order valence-corrected chi connectivity index (χ3v) is 9.46. The molecule has 0 aliphatic carbocycles. The van der Waals surface area contributed by atoms with Gasteiger partial charge in [-0.1, -0.05) is 0 Å². The van der Waals surface area contributed by atoms with Gasteiger partial charge in [-0.25, -0.2) is 0 Å². The van der Waals surface area contributed by atoms with Crippen LogP contribution in [0.15, 0.2) is 36.8 Å². The molecule has 1 N–H and O–H groups in total. The summed E-state index contributed by atoms with van der Waals surface area (Å²) in [7, 11) is 0. The number of aromatic carboxylic acids is 1. The molecule has 0 spiro atoms. The quantitative estimate of drug-likeness (QED) is 0.832. The van der Waals surface area contributed by atoms with Crippen molar-refractivity contribution in [1.29, 1.82) is 0 Å². The maximum atomic E-state index is 11.2. The molecule has 1 heterocycles. The van der Waals surface area contributed by atoms with Crippen molar-refractivity contribution < 1.29 is 9.90 Å². The van der Waals surface area contributed by atoms with E-state index in [1.807, 2.05) is 6.92 Å². The molecule has 5 heteroatoms. The third kappa shape index (κ3) is 3.06. The summed E-state index contributed by atoms with van der Waals surface area (Å²) in [6.07, 6.45) is 2.96. The zero-order valence-electron chi connectivity index (χ0n) is 12.3. The van der Waals surface area contributed by atoms with Gasteiger partial charge in [0.25, 0.3) is 0 Å². The molecule has 4 nitrogen and oxygen atoms in total. The Kier molecular flexibility index (Phi) is 4.22. The van der Waals surface area contributed by atoms with E-state index in [-0.39, 0.29) is 11.7 Å². The van der Waals surface area contributed by atoms with Crippen LogP contribution in [0.25, 0.3) is 0 Å². The molecule has 0 aliphatic heterocycles. The summed E-state index contributed by atoms with van der Waals surface area (Å²) in [5.41, 5.74) is 1.32. The molecule has 0 saturated heterocycles. The molecule has 0 bridgehead atoms. The molecule has 1 atom stereocenters. The maximum absolute atomic E-state index is 11.2. The van der Waals surface area contributed by atoms with Crippen molar-refractivity contribution in [2.45, 2.75) is 27.8 Å². The molecule has 0 radical (unpaired) electrons. The summed E-state index contributed by atoms with van der Waals surface area (Å²) in [5.74, 6) is -0.947. The fourth-order valence-electron chi connectivity index (χ4n) is 2.20. The summed E-state index contributed by atoms with van der Waals surface area (Å²) >= 11 is -2.02. The van der Waals surface area contributed by atoms with Gasteiger partial charge >= 0.3 is 123 Å². The Morgan fingerprint density at radius 3 is 2.35 bits per heavy atom. The van der Waals surface area contributed by atoms with E-state index >= 15 is 0 Å². The van der Waals surface area contributed by atoms with E-state index in [1.54, 1.807) is 10.9 Å². The number of nitrogens with zero attached hydrogens (tertiary/aromatic N) is 2. The van der Waals surface area contributed by atoms with Crippen LogP contribution in [0.2, 0.25) is 14.8 Å². The van der Waals surface area contributed by atoms with Crippen molar-refractivity contribution in [3.05, 3.63) is 48.0 Å². The number of aromatic nitrogens is 2. The Balaban J connectivity index is 2.32. The fourth-order valence-corrected chi connectivity index (χ4v) is 5.53. The zero-order valence-corrected chi connectivity index (χ0v) is 15.1. The number of hydrogen-bond acceptors (Lipinski definition) is 2. The van der Waals surface area contributed by atoms with Gasteiger partial charge in [0.2, 0.25) is 0 Å². The number of imidazole rings is 1. The predicted molar refractivity (Wildman–Crippen MR) is 82.4 cm³/mol. The average Bonchev–Trinajstić information content (AvgIpc) is 2.86. The van der Waals surface area contributed by atoms with E-state index in [9.17, 15) is 4.79 Å². The van der Waals surface area contributed by atoms with Crippen LogP contribution in [0.4, 0.5) is 0 Å². The average molecular weight is 379 g/mol. The molecule has 2 aromatic rings. The van der Waals surface area contributed by atoms with E-state index < -0.39 is 24.3 Å². The van der Waals surface area contributed by atoms with Gasteiger partial charge in [-0.2, -0.15) is 0 Å². The molecule has 1 aromatic heterocycles. The van der Waals surface area contributed by atoms with Gasteiger partial charge < -0.3 is 0 Å². The van der Waals surface area contributed by atoms with E-state index in [0.29, 0.717) is 0 Å². The predicted octanol–water partition coefficient (Wildman–Crippen LogP) is 2.74. The third-order valence-electron chi connectivity index (χ3n) is 3.56. The number of carboxylic acid groups (broad SMARTS) is 1. The van der Waals surface area contributed by atoms with Gasteiger partial charge in [0.1, 0.15) is 0 Å².